The Morgan fingerprint density at radius 2 is 1.62 bits per heavy atom. The van der Waals surface area contributed by atoms with Crippen LogP contribution in [0, 0.1) is 0 Å². The lowest BCUT2D eigenvalue weighted by atomic mass is 9.79. The smallest absolute Gasteiger partial charge is 0.372 e. The van der Waals surface area contributed by atoms with Crippen molar-refractivity contribution in [3.63, 3.8) is 0 Å². The largest absolute Gasteiger partial charge is 0.416 e. The topological polar surface area (TPSA) is 79.5 Å². The first-order chi connectivity index (χ1) is 14.6. The summed E-state index contributed by atoms with van der Waals surface area (Å²) in [7, 11) is 0. The highest BCUT2D eigenvalue weighted by atomic mass is 19.4. The van der Waals surface area contributed by atoms with E-state index in [2.05, 4.69) is 16.0 Å². The first-order valence-electron chi connectivity index (χ1n) is 9.89. The Labute approximate surface area is 180 Å². The van der Waals surface area contributed by atoms with Gasteiger partial charge >= 0.3 is 12.4 Å². The lowest BCUT2D eigenvalue weighted by Crippen LogP contribution is -2.73. The molecule has 2 aliphatic rings. The number of rotatable bonds is 4. The molecule has 2 fully saturated rings. The maximum absolute atomic E-state index is 13.1. The number of nitrogens with one attached hydrogen (secondary N) is 3. The van der Waals surface area contributed by atoms with E-state index in [9.17, 15) is 35.9 Å². The minimum atomic E-state index is -4.94. The van der Waals surface area contributed by atoms with Gasteiger partial charge in [-0.05, 0) is 50.5 Å². The minimum Gasteiger partial charge on any atom is -0.372 e. The summed E-state index contributed by atoms with van der Waals surface area (Å²) in [5.74, 6) is -0.630. The fraction of sp³-hybridized carbons (Fsp3) is 0.600. The van der Waals surface area contributed by atoms with E-state index in [-0.39, 0.29) is 43.1 Å². The summed E-state index contributed by atoms with van der Waals surface area (Å²) < 4.78 is 84.2. The molecule has 12 heteroatoms. The summed E-state index contributed by atoms with van der Waals surface area (Å²) in [4.78, 5) is 23.9. The average Bonchev–Trinajstić information content (AvgIpc) is 2.70. The molecule has 3 rings (SSSR count). The van der Waals surface area contributed by atoms with Gasteiger partial charge in [0.1, 0.15) is 5.54 Å². The molecule has 1 unspecified atom stereocenters. The van der Waals surface area contributed by atoms with E-state index in [1.54, 1.807) is 6.92 Å². The van der Waals surface area contributed by atoms with Crippen molar-refractivity contribution in [2.45, 2.75) is 56.2 Å². The van der Waals surface area contributed by atoms with Crippen LogP contribution in [0.1, 0.15) is 49.5 Å². The fourth-order valence-corrected chi connectivity index (χ4v) is 3.77. The molecule has 3 N–H and O–H groups in total. The number of alkyl halides is 6. The SMILES string of the molecule is C[C@@H](OC[C@@]1(C)CCC2(CN1)NC(=O)CNC2=O)c1cc(C(F)(F)F)cc(C(F)(F)F)c1. The molecule has 2 aliphatic heterocycles. The molecule has 0 aromatic heterocycles. The Morgan fingerprint density at radius 3 is 2.12 bits per heavy atom. The van der Waals surface area contributed by atoms with Gasteiger partial charge in [0, 0.05) is 12.1 Å². The molecule has 1 aromatic rings. The van der Waals surface area contributed by atoms with Crippen molar-refractivity contribution in [2.24, 2.45) is 0 Å². The average molecular weight is 467 g/mol. The predicted molar refractivity (Wildman–Crippen MR) is 100 cm³/mol. The maximum atomic E-state index is 13.1. The number of benzene rings is 1. The van der Waals surface area contributed by atoms with Crippen LogP contribution in [0.5, 0.6) is 0 Å². The fourth-order valence-electron chi connectivity index (χ4n) is 3.77. The zero-order valence-corrected chi connectivity index (χ0v) is 17.3. The van der Waals surface area contributed by atoms with Crippen LogP contribution in [0.25, 0.3) is 0 Å². The van der Waals surface area contributed by atoms with Gasteiger partial charge < -0.3 is 20.7 Å². The quantitative estimate of drug-likeness (QED) is 0.595. The molecular weight excluding hydrogens is 444 g/mol. The van der Waals surface area contributed by atoms with Gasteiger partial charge in [0.15, 0.2) is 0 Å². The number of piperazine rings is 1. The molecule has 2 saturated heterocycles. The van der Waals surface area contributed by atoms with Crippen molar-refractivity contribution in [2.75, 3.05) is 19.7 Å². The third kappa shape index (κ3) is 5.17. The van der Waals surface area contributed by atoms with Crippen molar-refractivity contribution < 1.29 is 40.7 Å². The lowest BCUT2D eigenvalue weighted by Gasteiger charge is -2.46. The maximum Gasteiger partial charge on any atom is 0.416 e. The van der Waals surface area contributed by atoms with Crippen molar-refractivity contribution in [3.05, 3.63) is 34.9 Å². The van der Waals surface area contributed by atoms with Crippen LogP contribution >= 0.6 is 0 Å². The van der Waals surface area contributed by atoms with Crippen LogP contribution in [0.3, 0.4) is 0 Å². The van der Waals surface area contributed by atoms with Gasteiger partial charge in [0.2, 0.25) is 11.8 Å². The van der Waals surface area contributed by atoms with Gasteiger partial charge in [-0.2, -0.15) is 26.3 Å². The van der Waals surface area contributed by atoms with Gasteiger partial charge in [-0.1, -0.05) is 0 Å². The molecule has 178 valence electrons. The van der Waals surface area contributed by atoms with Gasteiger partial charge in [-0.25, -0.2) is 0 Å². The third-order valence-electron chi connectivity index (χ3n) is 5.87. The summed E-state index contributed by atoms with van der Waals surface area (Å²) in [5, 5.41) is 8.33. The Balaban J connectivity index is 1.70. The molecule has 0 saturated carbocycles. The van der Waals surface area contributed by atoms with Crippen molar-refractivity contribution >= 4 is 11.8 Å². The van der Waals surface area contributed by atoms with Gasteiger partial charge in [0.05, 0.1) is 30.4 Å². The molecule has 3 atom stereocenters. The summed E-state index contributed by atoms with van der Waals surface area (Å²) >= 11 is 0. The molecule has 1 aromatic carbocycles. The second kappa shape index (κ2) is 8.22. The highest BCUT2D eigenvalue weighted by Crippen LogP contribution is 2.38. The Morgan fingerprint density at radius 1 is 1.03 bits per heavy atom. The van der Waals surface area contributed by atoms with E-state index in [1.165, 1.54) is 6.92 Å². The molecule has 2 heterocycles. The van der Waals surface area contributed by atoms with Crippen molar-refractivity contribution in [1.82, 2.24) is 16.0 Å². The predicted octanol–water partition coefficient (Wildman–Crippen LogP) is 2.93. The molecular formula is C20H23F6N3O3. The zero-order valence-electron chi connectivity index (χ0n) is 17.3. The molecule has 0 radical (unpaired) electrons. The van der Waals surface area contributed by atoms with Gasteiger partial charge in [0.25, 0.3) is 0 Å². The van der Waals surface area contributed by atoms with Crippen molar-refractivity contribution in [3.8, 4) is 0 Å². The van der Waals surface area contributed by atoms with Gasteiger partial charge in [-0.3, -0.25) is 9.59 Å². The molecule has 0 bridgehead atoms. The van der Waals surface area contributed by atoms with Crippen LogP contribution in [0.4, 0.5) is 26.3 Å². The number of carbonyl (C=O) groups excluding carboxylic acids is 2. The van der Waals surface area contributed by atoms with E-state index >= 15 is 0 Å². The number of hydrogen-bond donors (Lipinski definition) is 3. The number of ether oxygens (including phenoxy) is 1. The highest BCUT2D eigenvalue weighted by molar-refractivity contribution is 5.98. The number of halogens is 6. The first kappa shape index (κ1) is 24.3. The molecule has 32 heavy (non-hydrogen) atoms. The van der Waals surface area contributed by atoms with E-state index in [0.29, 0.717) is 25.0 Å². The summed E-state index contributed by atoms with van der Waals surface area (Å²) in [6.07, 6.45) is -10.2. The standard InChI is InChI=1S/C20H23F6N3O3/c1-11(12-5-13(19(21,22)23)7-14(6-12)20(24,25)26)32-10-17(2)3-4-18(9-28-17)16(31)27-8-15(30)29-18/h5-7,11,28H,3-4,8-10H2,1-2H3,(H,27,31)(H,29,30)/t11-,17-,18?/m1/s1. The minimum absolute atomic E-state index is 0.0303. The van der Waals surface area contributed by atoms with E-state index in [0.717, 1.165) is 0 Å². The number of amides is 2. The normalized spacial score (nSPS) is 27.8. The second-order valence-corrected chi connectivity index (χ2v) is 8.52. The molecule has 1 spiro atoms. The highest BCUT2D eigenvalue weighted by Gasteiger charge is 2.48. The Hall–Kier alpha value is -2.34. The molecule has 6 nitrogen and oxygen atoms in total. The van der Waals surface area contributed by atoms with Crippen LogP contribution in [0.2, 0.25) is 0 Å². The zero-order chi connectivity index (χ0) is 23.9. The lowest BCUT2D eigenvalue weighted by molar-refractivity contribution is -0.143. The van der Waals surface area contributed by atoms with E-state index in [4.69, 9.17) is 4.74 Å². The number of piperidine rings is 1. The number of hydrogen-bond acceptors (Lipinski definition) is 4. The van der Waals surface area contributed by atoms with Crippen LogP contribution in [-0.4, -0.2) is 42.6 Å². The Kier molecular flexibility index (Phi) is 6.24. The second-order valence-electron chi connectivity index (χ2n) is 8.52. The summed E-state index contributed by atoms with van der Waals surface area (Å²) in [6.45, 7) is 3.12. The monoisotopic (exact) mass is 467 g/mol. The van der Waals surface area contributed by atoms with Crippen molar-refractivity contribution in [1.29, 1.82) is 0 Å². The van der Waals surface area contributed by atoms with Gasteiger partial charge in [-0.15, -0.1) is 0 Å². The molecule has 0 aliphatic carbocycles. The van der Waals surface area contributed by atoms with Crippen LogP contribution in [0.15, 0.2) is 18.2 Å². The van der Waals surface area contributed by atoms with Crippen LogP contribution < -0.4 is 16.0 Å². The van der Waals surface area contributed by atoms with Crippen LogP contribution in [-0.2, 0) is 26.7 Å². The Bertz CT molecular complexity index is 859. The third-order valence-corrected chi connectivity index (χ3v) is 5.87. The summed E-state index contributed by atoms with van der Waals surface area (Å²) in [5.41, 5.74) is -4.84. The molecule has 2 amide bonds. The van der Waals surface area contributed by atoms with E-state index < -0.39 is 40.7 Å². The number of carbonyl (C=O) groups is 2. The first-order valence-corrected chi connectivity index (χ1v) is 9.89. The summed E-state index contributed by atoms with van der Waals surface area (Å²) in [6, 6.07) is 1.37. The van der Waals surface area contributed by atoms with E-state index in [1.807, 2.05) is 0 Å².